The SMILES string of the molecule is N#CCc1ccc(I)c(OP)c1. The molecule has 0 aliphatic carbocycles. The van der Waals surface area contributed by atoms with Crippen molar-refractivity contribution in [2.24, 2.45) is 0 Å². The first-order chi connectivity index (χ1) is 5.77. The van der Waals surface area contributed by atoms with Gasteiger partial charge in [0, 0.05) is 0 Å². The van der Waals surface area contributed by atoms with Crippen LogP contribution in [0.15, 0.2) is 18.2 Å². The lowest BCUT2D eigenvalue weighted by atomic mass is 10.2. The van der Waals surface area contributed by atoms with Crippen molar-refractivity contribution in [2.45, 2.75) is 6.42 Å². The molecule has 0 bridgehead atoms. The van der Waals surface area contributed by atoms with Crippen LogP contribution in [-0.4, -0.2) is 0 Å². The summed E-state index contributed by atoms with van der Waals surface area (Å²) >= 11 is 2.18. The van der Waals surface area contributed by atoms with E-state index in [1.165, 1.54) is 0 Å². The average Bonchev–Trinajstić information content (AvgIpc) is 2.09. The van der Waals surface area contributed by atoms with Gasteiger partial charge in [-0.3, -0.25) is 0 Å². The molecule has 0 heterocycles. The first-order valence-corrected chi connectivity index (χ1v) is 4.85. The van der Waals surface area contributed by atoms with E-state index >= 15 is 0 Å². The standard InChI is InChI=1S/C8H7INOP/c9-7-2-1-6(3-4-10)5-8(7)11-12/h1-2,5H,3,12H2. The van der Waals surface area contributed by atoms with E-state index in [9.17, 15) is 0 Å². The van der Waals surface area contributed by atoms with Crippen molar-refractivity contribution in [1.29, 1.82) is 5.26 Å². The van der Waals surface area contributed by atoms with Gasteiger partial charge in [-0.25, -0.2) is 0 Å². The minimum atomic E-state index is 0.429. The largest absolute Gasteiger partial charge is 0.479 e. The zero-order valence-corrected chi connectivity index (χ0v) is 9.56. The average molecular weight is 291 g/mol. The van der Waals surface area contributed by atoms with E-state index < -0.39 is 0 Å². The van der Waals surface area contributed by atoms with Crippen molar-refractivity contribution in [3.63, 3.8) is 0 Å². The molecule has 0 saturated carbocycles. The van der Waals surface area contributed by atoms with Crippen molar-refractivity contribution >= 4 is 32.1 Å². The Balaban J connectivity index is 2.98. The van der Waals surface area contributed by atoms with Crippen LogP contribution in [0.1, 0.15) is 5.56 Å². The molecule has 12 heavy (non-hydrogen) atoms. The van der Waals surface area contributed by atoms with E-state index in [0.717, 1.165) is 14.9 Å². The first-order valence-electron chi connectivity index (χ1n) is 3.30. The van der Waals surface area contributed by atoms with Crippen LogP contribution in [-0.2, 0) is 6.42 Å². The fourth-order valence-corrected chi connectivity index (χ4v) is 1.74. The molecule has 0 fully saturated rings. The molecule has 4 heteroatoms. The van der Waals surface area contributed by atoms with Gasteiger partial charge in [-0.15, -0.1) is 0 Å². The summed E-state index contributed by atoms with van der Waals surface area (Å²) in [5.74, 6) is 0.799. The lowest BCUT2D eigenvalue weighted by molar-refractivity contribution is 0.640. The molecule has 0 spiro atoms. The molecule has 0 aliphatic heterocycles. The molecule has 1 rings (SSSR count). The van der Waals surface area contributed by atoms with E-state index in [-0.39, 0.29) is 0 Å². The monoisotopic (exact) mass is 291 g/mol. The molecule has 0 aliphatic rings. The van der Waals surface area contributed by atoms with Gasteiger partial charge in [-0.2, -0.15) is 5.26 Å². The third-order valence-corrected chi connectivity index (χ3v) is 2.55. The Hall–Kier alpha value is -0.330. The quantitative estimate of drug-likeness (QED) is 0.619. The summed E-state index contributed by atoms with van der Waals surface area (Å²) in [5.41, 5.74) is 0.982. The Bertz CT molecular complexity index is 321. The highest BCUT2D eigenvalue weighted by Gasteiger charge is 2.00. The van der Waals surface area contributed by atoms with Crippen LogP contribution in [0, 0.1) is 14.9 Å². The highest BCUT2D eigenvalue weighted by atomic mass is 127. The van der Waals surface area contributed by atoms with E-state index in [2.05, 4.69) is 38.1 Å². The number of hydrogen-bond acceptors (Lipinski definition) is 2. The molecule has 1 aromatic carbocycles. The Labute approximate surface area is 87.3 Å². The zero-order valence-electron chi connectivity index (χ0n) is 6.25. The minimum absolute atomic E-state index is 0.429. The molecule has 1 atom stereocenters. The van der Waals surface area contributed by atoms with Crippen LogP contribution in [0.3, 0.4) is 0 Å². The van der Waals surface area contributed by atoms with E-state index in [1.807, 2.05) is 18.2 Å². The molecular weight excluding hydrogens is 284 g/mol. The Kier molecular flexibility index (Phi) is 3.77. The maximum absolute atomic E-state index is 8.45. The Morgan fingerprint density at radius 3 is 2.92 bits per heavy atom. The highest BCUT2D eigenvalue weighted by molar-refractivity contribution is 14.1. The smallest absolute Gasteiger partial charge is 0.136 e. The van der Waals surface area contributed by atoms with E-state index in [1.54, 1.807) is 0 Å². The number of benzene rings is 1. The van der Waals surface area contributed by atoms with Gasteiger partial charge >= 0.3 is 0 Å². The summed E-state index contributed by atoms with van der Waals surface area (Å²) in [4.78, 5) is 0. The van der Waals surface area contributed by atoms with Gasteiger partial charge in [-0.05, 0) is 40.3 Å². The second kappa shape index (κ2) is 4.64. The summed E-state index contributed by atoms with van der Waals surface area (Å²) < 4.78 is 6.08. The second-order valence-electron chi connectivity index (χ2n) is 2.22. The van der Waals surface area contributed by atoms with Gasteiger partial charge in [0.1, 0.15) is 5.75 Å². The van der Waals surface area contributed by atoms with Crippen molar-refractivity contribution in [1.82, 2.24) is 0 Å². The molecule has 1 unspecified atom stereocenters. The third-order valence-electron chi connectivity index (χ3n) is 1.41. The number of rotatable bonds is 2. The predicted octanol–water partition coefficient (Wildman–Crippen LogP) is 2.53. The lowest BCUT2D eigenvalue weighted by Gasteiger charge is -2.03. The number of nitrogens with zero attached hydrogens (tertiary/aromatic N) is 1. The maximum atomic E-state index is 8.45. The summed E-state index contributed by atoms with van der Waals surface area (Å²) in [6.45, 7) is 0. The van der Waals surface area contributed by atoms with Gasteiger partial charge in [0.2, 0.25) is 0 Å². The first kappa shape index (κ1) is 9.76. The van der Waals surface area contributed by atoms with Gasteiger partial charge in [0.15, 0.2) is 0 Å². The molecule has 0 amide bonds. The maximum Gasteiger partial charge on any atom is 0.136 e. The number of hydrogen-bond donors (Lipinski definition) is 0. The van der Waals surface area contributed by atoms with Crippen molar-refractivity contribution in [3.8, 4) is 11.8 Å². The fourth-order valence-electron chi connectivity index (χ4n) is 0.839. The number of nitriles is 1. The van der Waals surface area contributed by atoms with Gasteiger partial charge in [0.25, 0.3) is 0 Å². The van der Waals surface area contributed by atoms with Gasteiger partial charge in [-0.1, -0.05) is 6.07 Å². The van der Waals surface area contributed by atoms with Crippen molar-refractivity contribution < 1.29 is 4.52 Å². The van der Waals surface area contributed by atoms with Crippen LogP contribution >= 0.6 is 32.1 Å². The summed E-state index contributed by atoms with van der Waals surface area (Å²) in [7, 11) is 2.20. The second-order valence-corrected chi connectivity index (χ2v) is 3.62. The van der Waals surface area contributed by atoms with Crippen LogP contribution in [0.2, 0.25) is 0 Å². The summed E-state index contributed by atoms with van der Waals surface area (Å²) in [5, 5.41) is 8.45. The van der Waals surface area contributed by atoms with Crippen molar-refractivity contribution in [2.75, 3.05) is 0 Å². The van der Waals surface area contributed by atoms with E-state index in [0.29, 0.717) is 6.42 Å². The predicted molar refractivity (Wildman–Crippen MR) is 58.8 cm³/mol. The molecular formula is C8H7INOP. The fraction of sp³-hybridized carbons (Fsp3) is 0.125. The molecule has 0 N–H and O–H groups in total. The van der Waals surface area contributed by atoms with Gasteiger partial charge < -0.3 is 4.52 Å². The topological polar surface area (TPSA) is 33.0 Å². The summed E-state index contributed by atoms with van der Waals surface area (Å²) in [6, 6.07) is 7.83. The zero-order chi connectivity index (χ0) is 8.97. The summed E-state index contributed by atoms with van der Waals surface area (Å²) in [6.07, 6.45) is 0.429. The molecule has 62 valence electrons. The van der Waals surface area contributed by atoms with E-state index in [4.69, 9.17) is 9.79 Å². The molecule has 0 aromatic heterocycles. The van der Waals surface area contributed by atoms with Crippen molar-refractivity contribution in [3.05, 3.63) is 27.3 Å². The van der Waals surface area contributed by atoms with Gasteiger partial charge in [0.05, 0.1) is 25.5 Å². The highest BCUT2D eigenvalue weighted by Crippen LogP contribution is 2.23. The van der Waals surface area contributed by atoms with Crippen LogP contribution < -0.4 is 4.52 Å². The molecule has 2 nitrogen and oxygen atoms in total. The van der Waals surface area contributed by atoms with Crippen LogP contribution in [0.25, 0.3) is 0 Å². The van der Waals surface area contributed by atoms with Crippen LogP contribution in [0.5, 0.6) is 5.75 Å². The minimum Gasteiger partial charge on any atom is -0.479 e. The lowest BCUT2D eigenvalue weighted by Crippen LogP contribution is -1.85. The number of halogens is 1. The molecule has 1 aromatic rings. The normalized spacial score (nSPS) is 9.08. The Morgan fingerprint density at radius 2 is 2.33 bits per heavy atom. The van der Waals surface area contributed by atoms with Crippen LogP contribution in [0.4, 0.5) is 0 Å². The Morgan fingerprint density at radius 1 is 1.58 bits per heavy atom. The molecule has 0 radical (unpaired) electrons. The molecule has 0 saturated heterocycles. The third kappa shape index (κ3) is 2.33.